The van der Waals surface area contributed by atoms with Crippen molar-refractivity contribution >= 4 is 16.7 Å². The van der Waals surface area contributed by atoms with E-state index >= 15 is 4.39 Å². The Hall–Kier alpha value is -1.66. The fourth-order valence-corrected chi connectivity index (χ4v) is 3.80. The summed E-state index contributed by atoms with van der Waals surface area (Å²) >= 11 is 0. The first-order valence-corrected chi connectivity index (χ1v) is 8.88. The van der Waals surface area contributed by atoms with Crippen LogP contribution in [0.1, 0.15) is 19.5 Å². The highest BCUT2D eigenvalue weighted by Gasteiger charge is 2.26. The topological polar surface area (TPSA) is 27.5 Å². The molecular formula is C18H26FN5. The molecule has 2 aromatic rings. The second kappa shape index (κ2) is 6.01. The Morgan fingerprint density at radius 2 is 1.83 bits per heavy atom. The van der Waals surface area contributed by atoms with Crippen LogP contribution >= 0.6 is 0 Å². The highest BCUT2D eigenvalue weighted by molar-refractivity contribution is 5.82. The molecule has 0 unspecified atom stereocenters. The van der Waals surface area contributed by atoms with Crippen LogP contribution in [-0.4, -0.2) is 65.2 Å². The average Bonchev–Trinajstić information content (AvgIpc) is 2.87. The smallest absolute Gasteiger partial charge is 0.155 e. The molecule has 5 nitrogen and oxygen atoms in total. The maximum atomic E-state index is 15.0. The van der Waals surface area contributed by atoms with Crippen LogP contribution in [0.5, 0.6) is 0 Å². The van der Waals surface area contributed by atoms with Gasteiger partial charge >= 0.3 is 0 Å². The van der Waals surface area contributed by atoms with E-state index in [0.717, 1.165) is 56.3 Å². The Kier molecular flexibility index (Phi) is 3.96. The molecule has 6 heteroatoms. The van der Waals surface area contributed by atoms with Crippen molar-refractivity contribution in [1.29, 1.82) is 0 Å². The van der Waals surface area contributed by atoms with Crippen LogP contribution in [0.25, 0.3) is 11.0 Å². The van der Waals surface area contributed by atoms with Gasteiger partial charge in [-0.1, -0.05) is 0 Å². The minimum Gasteiger partial charge on any atom is -0.368 e. The van der Waals surface area contributed by atoms with Gasteiger partial charge in [-0.3, -0.25) is 4.90 Å². The van der Waals surface area contributed by atoms with Gasteiger partial charge in [-0.2, -0.15) is 0 Å². The first kappa shape index (κ1) is 15.8. The zero-order valence-electron chi connectivity index (χ0n) is 14.8. The maximum absolute atomic E-state index is 15.0. The Morgan fingerprint density at radius 3 is 2.54 bits per heavy atom. The van der Waals surface area contributed by atoms with Gasteiger partial charge in [0.1, 0.15) is 5.65 Å². The van der Waals surface area contributed by atoms with Gasteiger partial charge in [-0.15, -0.1) is 0 Å². The number of hydrogen-bond donors (Lipinski definition) is 0. The highest BCUT2D eigenvalue weighted by Crippen LogP contribution is 2.30. The molecule has 2 aliphatic rings. The molecule has 0 amide bonds. The van der Waals surface area contributed by atoms with E-state index in [9.17, 15) is 0 Å². The molecule has 4 heterocycles. The van der Waals surface area contributed by atoms with Crippen LogP contribution < -0.4 is 4.90 Å². The molecular weight excluding hydrogens is 305 g/mol. The number of piperazine rings is 1. The Morgan fingerprint density at radius 1 is 1.08 bits per heavy atom. The van der Waals surface area contributed by atoms with Crippen molar-refractivity contribution in [2.75, 3.05) is 44.7 Å². The summed E-state index contributed by atoms with van der Waals surface area (Å²) < 4.78 is 17.1. The van der Waals surface area contributed by atoms with Gasteiger partial charge in [0.15, 0.2) is 5.82 Å². The SMILES string of the molecule is CC(C)N1CCn2c(c(F)c3cc(N4CCN(C)CC4)cnc32)C1. The molecule has 130 valence electrons. The summed E-state index contributed by atoms with van der Waals surface area (Å²) in [6, 6.07) is 2.43. The number of nitrogens with zero attached hydrogens (tertiary/aromatic N) is 5. The standard InChI is InChI=1S/C18H26FN5/c1-13(2)23-8-9-24-16(12-23)17(19)15-10-14(11-20-18(15)24)22-6-4-21(3)5-7-22/h10-11,13H,4-9,12H2,1-3H3. The number of fused-ring (bicyclic) bond motifs is 3. The van der Waals surface area contributed by atoms with Crippen molar-refractivity contribution in [3.05, 3.63) is 23.8 Å². The van der Waals surface area contributed by atoms with Crippen LogP contribution in [0.15, 0.2) is 12.3 Å². The summed E-state index contributed by atoms with van der Waals surface area (Å²) in [4.78, 5) is 11.6. The Balaban J connectivity index is 1.69. The lowest BCUT2D eigenvalue weighted by Gasteiger charge is -2.33. The van der Waals surface area contributed by atoms with Crippen LogP contribution in [0.4, 0.5) is 10.1 Å². The predicted molar refractivity (Wildman–Crippen MR) is 94.9 cm³/mol. The first-order valence-electron chi connectivity index (χ1n) is 8.88. The normalized spacial score (nSPS) is 20.1. The summed E-state index contributed by atoms with van der Waals surface area (Å²) in [6.45, 7) is 10.8. The molecule has 0 atom stereocenters. The fourth-order valence-electron chi connectivity index (χ4n) is 3.80. The van der Waals surface area contributed by atoms with Gasteiger partial charge in [0, 0.05) is 51.9 Å². The quantitative estimate of drug-likeness (QED) is 0.843. The lowest BCUT2D eigenvalue weighted by atomic mass is 10.2. The Labute approximate surface area is 142 Å². The largest absolute Gasteiger partial charge is 0.368 e. The number of likely N-dealkylation sites (N-methyl/N-ethyl adjacent to an activating group) is 1. The summed E-state index contributed by atoms with van der Waals surface area (Å²) in [7, 11) is 2.14. The predicted octanol–water partition coefficient (Wildman–Crippen LogP) is 2.15. The number of rotatable bonds is 2. The molecule has 0 spiro atoms. The summed E-state index contributed by atoms with van der Waals surface area (Å²) in [5.74, 6) is -0.0844. The van der Waals surface area contributed by atoms with Gasteiger partial charge < -0.3 is 14.4 Å². The van der Waals surface area contributed by atoms with E-state index in [1.807, 2.05) is 12.3 Å². The van der Waals surface area contributed by atoms with E-state index in [1.165, 1.54) is 0 Å². The lowest BCUT2D eigenvalue weighted by Crippen LogP contribution is -2.44. The molecule has 0 aromatic carbocycles. The van der Waals surface area contributed by atoms with E-state index in [4.69, 9.17) is 0 Å². The molecule has 1 fully saturated rings. The number of pyridine rings is 1. The van der Waals surface area contributed by atoms with Crippen LogP contribution in [0, 0.1) is 5.82 Å². The summed E-state index contributed by atoms with van der Waals surface area (Å²) in [5.41, 5.74) is 2.62. The zero-order valence-corrected chi connectivity index (χ0v) is 14.8. The average molecular weight is 331 g/mol. The van der Waals surface area contributed by atoms with Crippen LogP contribution in [-0.2, 0) is 13.1 Å². The van der Waals surface area contributed by atoms with Crippen molar-refractivity contribution < 1.29 is 4.39 Å². The van der Waals surface area contributed by atoms with Crippen LogP contribution in [0.2, 0.25) is 0 Å². The summed E-state index contributed by atoms with van der Waals surface area (Å²) in [5, 5.41) is 0.673. The molecule has 0 aliphatic carbocycles. The van der Waals surface area contributed by atoms with E-state index in [0.29, 0.717) is 18.0 Å². The lowest BCUT2D eigenvalue weighted by molar-refractivity contribution is 0.175. The molecule has 0 saturated carbocycles. The van der Waals surface area contributed by atoms with E-state index in [1.54, 1.807) is 0 Å². The van der Waals surface area contributed by atoms with Gasteiger partial charge in [-0.25, -0.2) is 9.37 Å². The molecule has 1 saturated heterocycles. The third kappa shape index (κ3) is 2.58. The third-order valence-electron chi connectivity index (χ3n) is 5.49. The Bertz CT molecular complexity index is 745. The van der Waals surface area contributed by atoms with E-state index in [2.05, 4.69) is 45.1 Å². The van der Waals surface area contributed by atoms with Crippen molar-refractivity contribution in [3.63, 3.8) is 0 Å². The molecule has 2 aromatic heterocycles. The molecule has 4 rings (SSSR count). The van der Waals surface area contributed by atoms with Gasteiger partial charge in [0.25, 0.3) is 0 Å². The summed E-state index contributed by atoms with van der Waals surface area (Å²) in [6.07, 6.45) is 1.91. The van der Waals surface area contributed by atoms with Crippen LogP contribution in [0.3, 0.4) is 0 Å². The minimum absolute atomic E-state index is 0.0844. The van der Waals surface area contributed by atoms with Gasteiger partial charge in [0.05, 0.1) is 23.0 Å². The monoisotopic (exact) mass is 331 g/mol. The highest BCUT2D eigenvalue weighted by atomic mass is 19.1. The number of anilines is 1. The zero-order chi connectivity index (χ0) is 16.8. The van der Waals surface area contributed by atoms with E-state index < -0.39 is 0 Å². The second-order valence-corrected chi connectivity index (χ2v) is 7.33. The van der Waals surface area contributed by atoms with Gasteiger partial charge in [0.2, 0.25) is 0 Å². The molecule has 2 aliphatic heterocycles. The van der Waals surface area contributed by atoms with Crippen molar-refractivity contribution in [3.8, 4) is 0 Å². The molecule has 24 heavy (non-hydrogen) atoms. The first-order chi connectivity index (χ1) is 11.5. The minimum atomic E-state index is -0.0844. The third-order valence-corrected chi connectivity index (χ3v) is 5.49. The second-order valence-electron chi connectivity index (χ2n) is 7.33. The number of hydrogen-bond acceptors (Lipinski definition) is 4. The van der Waals surface area contributed by atoms with Crippen molar-refractivity contribution in [2.45, 2.75) is 33.0 Å². The number of aromatic nitrogens is 2. The number of halogens is 1. The molecule has 0 radical (unpaired) electrons. The molecule has 0 N–H and O–H groups in total. The van der Waals surface area contributed by atoms with Gasteiger partial charge in [-0.05, 0) is 27.0 Å². The molecule has 0 bridgehead atoms. The maximum Gasteiger partial charge on any atom is 0.155 e. The fraction of sp³-hybridized carbons (Fsp3) is 0.611. The van der Waals surface area contributed by atoms with E-state index in [-0.39, 0.29) is 5.82 Å². The van der Waals surface area contributed by atoms with Crippen molar-refractivity contribution in [1.82, 2.24) is 19.4 Å². The van der Waals surface area contributed by atoms with Crippen molar-refractivity contribution in [2.24, 2.45) is 0 Å².